The number of ether oxygens (including phenoxy) is 1. The van der Waals surface area contributed by atoms with E-state index in [1.807, 2.05) is 13.8 Å². The second-order valence-electron chi connectivity index (χ2n) is 4.20. The quantitative estimate of drug-likeness (QED) is 0.791. The zero-order valence-corrected chi connectivity index (χ0v) is 11.5. The number of halogens is 1. The molecule has 0 N–H and O–H groups in total. The third-order valence-electron chi connectivity index (χ3n) is 2.46. The summed E-state index contributed by atoms with van der Waals surface area (Å²) >= 11 is 5.75. The minimum absolute atomic E-state index is 0.00670. The number of rotatable bonds is 4. The molecule has 0 saturated heterocycles. The van der Waals surface area contributed by atoms with Gasteiger partial charge in [0.2, 0.25) is 11.6 Å². The van der Waals surface area contributed by atoms with Crippen molar-refractivity contribution in [3.63, 3.8) is 0 Å². The van der Waals surface area contributed by atoms with E-state index in [0.717, 1.165) is 0 Å². The Morgan fingerprint density at radius 1 is 1.53 bits per heavy atom. The average molecular weight is 285 g/mol. The number of aromatic nitrogens is 4. The first kappa shape index (κ1) is 13.5. The standard InChI is InChI=1S/C11H13ClN4O3/c1-6(2)10-14-7(19-15-10)4-16-5-13-9(12)8(18-3)11(16)17/h5-6H,4H2,1-3H3. The van der Waals surface area contributed by atoms with Crippen LogP contribution in [0, 0.1) is 0 Å². The molecule has 0 aliphatic heterocycles. The van der Waals surface area contributed by atoms with Crippen molar-refractivity contribution in [3.8, 4) is 5.75 Å². The Hall–Kier alpha value is -1.89. The van der Waals surface area contributed by atoms with Crippen LogP contribution in [0.25, 0.3) is 0 Å². The molecule has 0 bridgehead atoms. The summed E-state index contributed by atoms with van der Waals surface area (Å²) in [5.74, 6) is 1.08. The Morgan fingerprint density at radius 3 is 2.84 bits per heavy atom. The van der Waals surface area contributed by atoms with Gasteiger partial charge in [0.25, 0.3) is 5.56 Å². The molecular formula is C11H13ClN4O3. The van der Waals surface area contributed by atoms with E-state index in [1.54, 1.807) is 0 Å². The van der Waals surface area contributed by atoms with E-state index >= 15 is 0 Å². The molecule has 7 nitrogen and oxygen atoms in total. The summed E-state index contributed by atoms with van der Waals surface area (Å²) in [4.78, 5) is 20.0. The first-order valence-corrected chi connectivity index (χ1v) is 6.02. The number of methoxy groups -OCH3 is 1. The van der Waals surface area contributed by atoms with E-state index in [-0.39, 0.29) is 23.4 Å². The topological polar surface area (TPSA) is 83.0 Å². The van der Waals surface area contributed by atoms with Crippen LogP contribution in [0.4, 0.5) is 0 Å². The van der Waals surface area contributed by atoms with Gasteiger partial charge in [-0.3, -0.25) is 9.36 Å². The third kappa shape index (κ3) is 2.76. The zero-order valence-electron chi connectivity index (χ0n) is 10.8. The molecule has 0 amide bonds. The SMILES string of the molecule is COc1c(Cl)ncn(Cc2nc(C(C)C)no2)c1=O. The molecule has 2 rings (SSSR count). The molecule has 2 heterocycles. The van der Waals surface area contributed by atoms with Gasteiger partial charge in [-0.15, -0.1) is 0 Å². The maximum Gasteiger partial charge on any atom is 0.297 e. The largest absolute Gasteiger partial charge is 0.489 e. The maximum absolute atomic E-state index is 12.0. The van der Waals surface area contributed by atoms with Gasteiger partial charge in [0.15, 0.2) is 11.0 Å². The second-order valence-corrected chi connectivity index (χ2v) is 4.56. The lowest BCUT2D eigenvalue weighted by atomic mass is 10.2. The summed E-state index contributed by atoms with van der Waals surface area (Å²) in [6, 6.07) is 0. The molecule has 2 aromatic heterocycles. The van der Waals surface area contributed by atoms with Crippen LogP contribution >= 0.6 is 11.6 Å². The highest BCUT2D eigenvalue weighted by molar-refractivity contribution is 6.30. The summed E-state index contributed by atoms with van der Waals surface area (Å²) in [6.07, 6.45) is 1.31. The van der Waals surface area contributed by atoms with Crippen molar-refractivity contribution >= 4 is 11.6 Å². The fraction of sp³-hybridized carbons (Fsp3) is 0.455. The highest BCUT2D eigenvalue weighted by atomic mass is 35.5. The normalized spacial score (nSPS) is 11.0. The Labute approximate surface area is 114 Å². The van der Waals surface area contributed by atoms with Crippen LogP contribution in [-0.4, -0.2) is 26.8 Å². The first-order chi connectivity index (χ1) is 9.02. The lowest BCUT2D eigenvalue weighted by Crippen LogP contribution is -2.22. The zero-order chi connectivity index (χ0) is 14.0. The smallest absolute Gasteiger partial charge is 0.297 e. The molecule has 102 valence electrons. The molecule has 0 aliphatic rings. The molecule has 0 unspecified atom stereocenters. The van der Waals surface area contributed by atoms with Crippen LogP contribution in [0.3, 0.4) is 0 Å². The van der Waals surface area contributed by atoms with Crippen molar-refractivity contribution in [2.45, 2.75) is 26.3 Å². The molecule has 0 atom stereocenters. The molecule has 0 aliphatic carbocycles. The van der Waals surface area contributed by atoms with Crippen molar-refractivity contribution < 1.29 is 9.26 Å². The van der Waals surface area contributed by atoms with Crippen LogP contribution in [-0.2, 0) is 6.54 Å². The van der Waals surface area contributed by atoms with Crippen molar-refractivity contribution in [1.82, 2.24) is 19.7 Å². The van der Waals surface area contributed by atoms with Crippen LogP contribution in [0.15, 0.2) is 15.6 Å². The maximum atomic E-state index is 12.0. The highest BCUT2D eigenvalue weighted by Gasteiger charge is 2.14. The number of nitrogens with zero attached hydrogens (tertiary/aromatic N) is 4. The van der Waals surface area contributed by atoms with Crippen molar-refractivity contribution in [2.75, 3.05) is 7.11 Å². The van der Waals surface area contributed by atoms with Crippen LogP contribution in [0.2, 0.25) is 5.15 Å². The first-order valence-electron chi connectivity index (χ1n) is 5.64. The van der Waals surface area contributed by atoms with Crippen molar-refractivity contribution in [3.05, 3.63) is 33.5 Å². The fourth-order valence-electron chi connectivity index (χ4n) is 1.45. The molecule has 0 fully saturated rings. The summed E-state index contributed by atoms with van der Waals surface area (Å²) in [5, 5.41) is 3.85. The Balaban J connectivity index is 2.30. The van der Waals surface area contributed by atoms with E-state index in [9.17, 15) is 4.79 Å². The molecule has 0 radical (unpaired) electrons. The van der Waals surface area contributed by atoms with Gasteiger partial charge < -0.3 is 9.26 Å². The van der Waals surface area contributed by atoms with Gasteiger partial charge in [0.05, 0.1) is 13.4 Å². The van der Waals surface area contributed by atoms with Crippen LogP contribution in [0.5, 0.6) is 5.75 Å². The number of hydrogen-bond acceptors (Lipinski definition) is 6. The van der Waals surface area contributed by atoms with E-state index in [2.05, 4.69) is 15.1 Å². The van der Waals surface area contributed by atoms with Gasteiger partial charge in [-0.25, -0.2) is 4.98 Å². The third-order valence-corrected chi connectivity index (χ3v) is 2.73. The van der Waals surface area contributed by atoms with Gasteiger partial charge in [0.1, 0.15) is 6.54 Å². The molecular weight excluding hydrogens is 272 g/mol. The van der Waals surface area contributed by atoms with Gasteiger partial charge in [-0.2, -0.15) is 4.98 Å². The highest BCUT2D eigenvalue weighted by Crippen LogP contribution is 2.15. The van der Waals surface area contributed by atoms with Gasteiger partial charge in [0, 0.05) is 5.92 Å². The Bertz CT molecular complexity index is 635. The van der Waals surface area contributed by atoms with Crippen molar-refractivity contribution in [2.24, 2.45) is 0 Å². The van der Waals surface area contributed by atoms with E-state index in [1.165, 1.54) is 18.0 Å². The molecule has 0 aromatic carbocycles. The van der Waals surface area contributed by atoms with Crippen LogP contribution < -0.4 is 10.3 Å². The molecule has 8 heteroatoms. The van der Waals surface area contributed by atoms with Crippen molar-refractivity contribution in [1.29, 1.82) is 0 Å². The predicted molar refractivity (Wildman–Crippen MR) is 67.5 cm³/mol. The predicted octanol–water partition coefficient (Wildman–Crippen LogP) is 1.46. The van der Waals surface area contributed by atoms with E-state index < -0.39 is 5.56 Å². The average Bonchev–Trinajstić information content (AvgIpc) is 2.82. The molecule has 2 aromatic rings. The summed E-state index contributed by atoms with van der Waals surface area (Å²) in [6.45, 7) is 4.03. The minimum atomic E-state index is -0.396. The Kier molecular flexibility index (Phi) is 3.84. The van der Waals surface area contributed by atoms with Gasteiger partial charge in [-0.05, 0) is 0 Å². The molecule has 19 heavy (non-hydrogen) atoms. The lowest BCUT2D eigenvalue weighted by Gasteiger charge is -2.05. The summed E-state index contributed by atoms with van der Waals surface area (Å²) < 4.78 is 11.3. The molecule has 0 saturated carbocycles. The van der Waals surface area contributed by atoms with Crippen LogP contribution in [0.1, 0.15) is 31.5 Å². The summed E-state index contributed by atoms with van der Waals surface area (Å²) in [7, 11) is 1.36. The number of hydrogen-bond donors (Lipinski definition) is 0. The second kappa shape index (κ2) is 5.40. The lowest BCUT2D eigenvalue weighted by molar-refractivity contribution is 0.358. The summed E-state index contributed by atoms with van der Waals surface area (Å²) in [5.41, 5.74) is -0.396. The van der Waals surface area contributed by atoms with E-state index in [0.29, 0.717) is 11.7 Å². The van der Waals surface area contributed by atoms with Gasteiger partial charge >= 0.3 is 0 Å². The molecule has 0 spiro atoms. The van der Waals surface area contributed by atoms with Gasteiger partial charge in [-0.1, -0.05) is 30.6 Å². The van der Waals surface area contributed by atoms with E-state index in [4.69, 9.17) is 20.9 Å². The fourth-order valence-corrected chi connectivity index (χ4v) is 1.65. The monoisotopic (exact) mass is 284 g/mol. The Morgan fingerprint density at radius 2 is 2.26 bits per heavy atom. The minimum Gasteiger partial charge on any atom is -0.489 e.